The van der Waals surface area contributed by atoms with Crippen LogP contribution in [0.4, 0.5) is 0 Å². The topological polar surface area (TPSA) is 71.8 Å². The maximum absolute atomic E-state index is 12.5. The highest BCUT2D eigenvalue weighted by Gasteiger charge is 2.20. The van der Waals surface area contributed by atoms with Gasteiger partial charge in [-0.3, -0.25) is 9.59 Å². The van der Waals surface area contributed by atoms with E-state index in [-0.39, 0.29) is 18.4 Å². The molecule has 0 radical (unpaired) electrons. The number of ether oxygens (including phenoxy) is 1. The summed E-state index contributed by atoms with van der Waals surface area (Å²) in [7, 11) is 1.57. The molecule has 0 aliphatic rings. The smallest absolute Gasteiger partial charge is 0.257 e. The van der Waals surface area contributed by atoms with Gasteiger partial charge in [0.05, 0.1) is 18.4 Å². The maximum atomic E-state index is 12.5. The van der Waals surface area contributed by atoms with Crippen LogP contribution in [0.15, 0.2) is 53.3 Å². The van der Waals surface area contributed by atoms with Crippen molar-refractivity contribution < 1.29 is 18.7 Å². The number of amides is 2. The van der Waals surface area contributed by atoms with Crippen LogP contribution in [0.5, 0.6) is 0 Å². The molecule has 1 heterocycles. The molecule has 0 atom stereocenters. The van der Waals surface area contributed by atoms with Crippen molar-refractivity contribution in [3.63, 3.8) is 0 Å². The average molecular weight is 316 g/mol. The zero-order chi connectivity index (χ0) is 16.5. The number of nitrogens with zero attached hydrogens (tertiary/aromatic N) is 1. The second kappa shape index (κ2) is 8.75. The zero-order valence-electron chi connectivity index (χ0n) is 13.0. The summed E-state index contributed by atoms with van der Waals surface area (Å²) >= 11 is 0. The molecule has 0 spiro atoms. The van der Waals surface area contributed by atoms with Crippen LogP contribution in [0, 0.1) is 0 Å². The standard InChI is InChI=1S/C17H20N2O4/c1-22-10-8-18-16(20)12-19(11-14-5-3-2-4-6-14)17(21)15-7-9-23-13-15/h2-7,9,13H,8,10-12H2,1H3,(H,18,20). The Labute approximate surface area is 135 Å². The van der Waals surface area contributed by atoms with Crippen molar-refractivity contribution in [2.75, 3.05) is 26.8 Å². The number of methoxy groups -OCH3 is 1. The molecule has 23 heavy (non-hydrogen) atoms. The molecule has 2 aromatic rings. The van der Waals surface area contributed by atoms with E-state index in [1.807, 2.05) is 30.3 Å². The fourth-order valence-corrected chi connectivity index (χ4v) is 2.09. The third kappa shape index (κ3) is 5.27. The van der Waals surface area contributed by atoms with Gasteiger partial charge in [0.2, 0.25) is 5.91 Å². The molecule has 0 aliphatic heterocycles. The van der Waals surface area contributed by atoms with Crippen molar-refractivity contribution in [2.24, 2.45) is 0 Å². The SMILES string of the molecule is COCCNC(=O)CN(Cc1ccccc1)C(=O)c1ccoc1. The van der Waals surface area contributed by atoms with E-state index < -0.39 is 0 Å². The van der Waals surface area contributed by atoms with E-state index in [2.05, 4.69) is 5.32 Å². The molecule has 1 aromatic carbocycles. The predicted molar refractivity (Wildman–Crippen MR) is 84.8 cm³/mol. The van der Waals surface area contributed by atoms with E-state index in [0.717, 1.165) is 5.56 Å². The lowest BCUT2D eigenvalue weighted by Crippen LogP contribution is -2.41. The van der Waals surface area contributed by atoms with Gasteiger partial charge in [0, 0.05) is 20.2 Å². The van der Waals surface area contributed by atoms with Crippen molar-refractivity contribution >= 4 is 11.8 Å². The zero-order valence-corrected chi connectivity index (χ0v) is 13.0. The summed E-state index contributed by atoms with van der Waals surface area (Å²) in [6, 6.07) is 11.1. The number of nitrogens with one attached hydrogen (secondary N) is 1. The van der Waals surface area contributed by atoms with Crippen molar-refractivity contribution in [3.8, 4) is 0 Å². The normalized spacial score (nSPS) is 10.3. The Morgan fingerprint density at radius 3 is 2.65 bits per heavy atom. The lowest BCUT2D eigenvalue weighted by atomic mass is 10.2. The monoisotopic (exact) mass is 316 g/mol. The van der Waals surface area contributed by atoms with E-state index >= 15 is 0 Å². The number of rotatable bonds is 8. The lowest BCUT2D eigenvalue weighted by Gasteiger charge is -2.21. The minimum absolute atomic E-state index is 0.0252. The largest absolute Gasteiger partial charge is 0.472 e. The first-order valence-electron chi connectivity index (χ1n) is 7.31. The van der Waals surface area contributed by atoms with Crippen molar-refractivity contribution in [1.82, 2.24) is 10.2 Å². The second-order valence-electron chi connectivity index (χ2n) is 5.00. The van der Waals surface area contributed by atoms with Crippen LogP contribution < -0.4 is 5.32 Å². The van der Waals surface area contributed by atoms with E-state index in [4.69, 9.17) is 9.15 Å². The highest BCUT2D eigenvalue weighted by Crippen LogP contribution is 2.10. The first-order chi connectivity index (χ1) is 11.2. The molecular weight excluding hydrogens is 296 g/mol. The Bertz CT molecular complexity index is 611. The molecule has 6 heteroatoms. The van der Waals surface area contributed by atoms with E-state index in [9.17, 15) is 9.59 Å². The highest BCUT2D eigenvalue weighted by molar-refractivity contribution is 5.96. The van der Waals surface area contributed by atoms with Crippen LogP contribution in [-0.2, 0) is 16.1 Å². The van der Waals surface area contributed by atoms with Crippen LogP contribution in [0.3, 0.4) is 0 Å². The van der Waals surface area contributed by atoms with E-state index in [0.29, 0.717) is 25.3 Å². The number of carbonyl (C=O) groups excluding carboxylic acids is 2. The second-order valence-corrected chi connectivity index (χ2v) is 5.00. The Hall–Kier alpha value is -2.60. The third-order valence-electron chi connectivity index (χ3n) is 3.23. The summed E-state index contributed by atoms with van der Waals surface area (Å²) in [5.74, 6) is -0.473. The quantitative estimate of drug-likeness (QED) is 0.752. The predicted octanol–water partition coefficient (Wildman–Crippen LogP) is 1.68. The van der Waals surface area contributed by atoms with Crippen LogP contribution in [0.1, 0.15) is 15.9 Å². The molecule has 6 nitrogen and oxygen atoms in total. The fraction of sp³-hybridized carbons (Fsp3) is 0.294. The first-order valence-corrected chi connectivity index (χ1v) is 7.31. The molecule has 1 N–H and O–H groups in total. The van der Waals surface area contributed by atoms with E-state index in [1.54, 1.807) is 13.2 Å². The average Bonchev–Trinajstić information content (AvgIpc) is 3.09. The van der Waals surface area contributed by atoms with Crippen LogP contribution in [0.25, 0.3) is 0 Å². The highest BCUT2D eigenvalue weighted by atomic mass is 16.5. The summed E-state index contributed by atoms with van der Waals surface area (Å²) in [6.07, 6.45) is 2.82. The summed E-state index contributed by atoms with van der Waals surface area (Å²) < 4.78 is 9.85. The van der Waals surface area contributed by atoms with Crippen LogP contribution in [0.2, 0.25) is 0 Å². The number of benzene rings is 1. The Balaban J connectivity index is 2.05. The Kier molecular flexibility index (Phi) is 6.38. The van der Waals surface area contributed by atoms with Gasteiger partial charge in [0.15, 0.2) is 0 Å². The minimum Gasteiger partial charge on any atom is -0.472 e. The van der Waals surface area contributed by atoms with Gasteiger partial charge >= 0.3 is 0 Å². The number of hydrogen-bond acceptors (Lipinski definition) is 4. The molecule has 2 amide bonds. The molecule has 0 fully saturated rings. The summed E-state index contributed by atoms with van der Waals surface area (Å²) in [6.45, 7) is 1.17. The molecule has 0 bridgehead atoms. The number of carbonyl (C=O) groups is 2. The van der Waals surface area contributed by atoms with Gasteiger partial charge in [-0.1, -0.05) is 30.3 Å². The van der Waals surface area contributed by atoms with Gasteiger partial charge in [0.1, 0.15) is 12.8 Å². The number of furan rings is 1. The molecule has 2 rings (SSSR count). The molecule has 1 aromatic heterocycles. The van der Waals surface area contributed by atoms with Crippen molar-refractivity contribution in [3.05, 3.63) is 60.1 Å². The van der Waals surface area contributed by atoms with E-state index in [1.165, 1.54) is 17.4 Å². The summed E-state index contributed by atoms with van der Waals surface area (Å²) in [5.41, 5.74) is 1.37. The molecule has 0 saturated carbocycles. The van der Waals surface area contributed by atoms with Crippen molar-refractivity contribution in [2.45, 2.75) is 6.54 Å². The number of hydrogen-bond donors (Lipinski definition) is 1. The van der Waals surface area contributed by atoms with Crippen molar-refractivity contribution in [1.29, 1.82) is 0 Å². The first kappa shape index (κ1) is 16.8. The maximum Gasteiger partial charge on any atom is 0.257 e. The van der Waals surface area contributed by atoms with Gasteiger partial charge in [0.25, 0.3) is 5.91 Å². The third-order valence-corrected chi connectivity index (χ3v) is 3.23. The van der Waals surface area contributed by atoms with Gasteiger partial charge < -0.3 is 19.4 Å². The Morgan fingerprint density at radius 2 is 2.00 bits per heavy atom. The van der Waals surface area contributed by atoms with Crippen LogP contribution >= 0.6 is 0 Å². The molecule has 0 saturated heterocycles. The van der Waals surface area contributed by atoms with Gasteiger partial charge in [-0.15, -0.1) is 0 Å². The van der Waals surface area contributed by atoms with Gasteiger partial charge in [-0.25, -0.2) is 0 Å². The molecule has 122 valence electrons. The Morgan fingerprint density at radius 1 is 1.22 bits per heavy atom. The fourth-order valence-electron chi connectivity index (χ4n) is 2.09. The van der Waals surface area contributed by atoms with Crippen LogP contribution in [-0.4, -0.2) is 43.5 Å². The lowest BCUT2D eigenvalue weighted by molar-refractivity contribution is -0.122. The molecular formula is C17H20N2O4. The summed E-state index contributed by atoms with van der Waals surface area (Å²) in [5, 5.41) is 2.72. The van der Waals surface area contributed by atoms with Gasteiger partial charge in [-0.2, -0.15) is 0 Å². The molecule has 0 aliphatic carbocycles. The summed E-state index contributed by atoms with van der Waals surface area (Å²) in [4.78, 5) is 26.0. The van der Waals surface area contributed by atoms with Gasteiger partial charge in [-0.05, 0) is 11.6 Å². The minimum atomic E-state index is -0.246. The molecule has 0 unspecified atom stereocenters.